The van der Waals surface area contributed by atoms with Crippen LogP contribution in [0.25, 0.3) is 0 Å². The van der Waals surface area contributed by atoms with E-state index in [9.17, 15) is 8.76 Å². The lowest BCUT2D eigenvalue weighted by molar-refractivity contribution is 0.198. The predicted molar refractivity (Wildman–Crippen MR) is 56.4 cm³/mol. The fraction of sp³-hybridized carbons (Fsp3) is 1.00. The molecule has 0 aromatic carbocycles. The summed E-state index contributed by atoms with van der Waals surface area (Å²) >= 11 is 0. The Labute approximate surface area is 85.8 Å². The molecule has 1 rings (SSSR count). The van der Waals surface area contributed by atoms with E-state index in [2.05, 4.69) is 0 Å². The highest BCUT2D eigenvalue weighted by Crippen LogP contribution is 2.49. The minimum Gasteiger partial charge on any atom is -0.305 e. The molecule has 84 valence electrons. The minimum atomic E-state index is -3.76. The van der Waals surface area contributed by atoms with Crippen LogP contribution in [0.15, 0.2) is 0 Å². The van der Waals surface area contributed by atoms with Crippen LogP contribution in [0.4, 0.5) is 4.20 Å². The quantitative estimate of drug-likeness (QED) is 0.653. The van der Waals surface area contributed by atoms with Gasteiger partial charge in [0, 0.05) is 0 Å². The molecule has 0 aliphatic heterocycles. The third-order valence-electron chi connectivity index (χ3n) is 2.72. The van der Waals surface area contributed by atoms with Gasteiger partial charge in [0.1, 0.15) is 0 Å². The van der Waals surface area contributed by atoms with Crippen LogP contribution in [-0.2, 0) is 9.09 Å². The first-order valence-corrected chi connectivity index (χ1v) is 7.27. The first-order valence-electron chi connectivity index (χ1n) is 5.57. The Morgan fingerprint density at radius 3 is 2.57 bits per heavy atom. The Morgan fingerprint density at radius 1 is 1.36 bits per heavy atom. The molecule has 1 aliphatic rings. The average Bonchev–Trinajstić information content (AvgIpc) is 2.17. The summed E-state index contributed by atoms with van der Waals surface area (Å²) in [5, 5.41) is 0. The normalized spacial score (nSPS) is 23.3. The second-order valence-corrected chi connectivity index (χ2v) is 6.00. The Balaban J connectivity index is 2.21. The van der Waals surface area contributed by atoms with E-state index < -0.39 is 7.68 Å². The van der Waals surface area contributed by atoms with Gasteiger partial charge in [0.25, 0.3) is 0 Å². The summed E-state index contributed by atoms with van der Waals surface area (Å²) in [6.07, 6.45) is 6.55. The molecular weight excluding hydrogens is 202 g/mol. The molecule has 1 aliphatic carbocycles. The molecule has 0 saturated heterocycles. The van der Waals surface area contributed by atoms with E-state index in [0.717, 1.165) is 12.8 Å². The van der Waals surface area contributed by atoms with E-state index in [4.69, 9.17) is 4.52 Å². The smallest absolute Gasteiger partial charge is 0.305 e. The largest absolute Gasteiger partial charge is 0.367 e. The van der Waals surface area contributed by atoms with Crippen LogP contribution in [0.2, 0.25) is 0 Å². The zero-order valence-corrected chi connectivity index (χ0v) is 9.77. The van der Waals surface area contributed by atoms with Crippen molar-refractivity contribution in [3.05, 3.63) is 0 Å². The first-order chi connectivity index (χ1) is 6.64. The monoisotopic (exact) mass is 222 g/mol. The van der Waals surface area contributed by atoms with Gasteiger partial charge in [-0.15, -0.1) is 0 Å². The highest BCUT2D eigenvalue weighted by molar-refractivity contribution is 7.53. The summed E-state index contributed by atoms with van der Waals surface area (Å²) in [5.41, 5.74) is 0. The number of hydrogen-bond donors (Lipinski definition) is 0. The maximum atomic E-state index is 13.2. The number of halogens is 1. The molecule has 14 heavy (non-hydrogen) atoms. The second kappa shape index (κ2) is 5.87. The van der Waals surface area contributed by atoms with Gasteiger partial charge in [0.05, 0.1) is 12.8 Å². The molecule has 0 aromatic heterocycles. The zero-order chi connectivity index (χ0) is 10.4. The van der Waals surface area contributed by atoms with Crippen LogP contribution < -0.4 is 0 Å². The lowest BCUT2D eigenvalue weighted by atomic mass is 9.90. The van der Waals surface area contributed by atoms with Crippen molar-refractivity contribution in [3.63, 3.8) is 0 Å². The molecule has 0 N–H and O–H groups in total. The summed E-state index contributed by atoms with van der Waals surface area (Å²) in [6.45, 7) is 2.17. The first kappa shape index (κ1) is 12.2. The van der Waals surface area contributed by atoms with Crippen molar-refractivity contribution in [1.82, 2.24) is 0 Å². The fourth-order valence-corrected chi connectivity index (χ4v) is 3.00. The molecule has 0 aromatic rings. The molecule has 2 nitrogen and oxygen atoms in total. The molecule has 4 heteroatoms. The van der Waals surface area contributed by atoms with Crippen molar-refractivity contribution >= 4 is 7.68 Å². The predicted octanol–water partition coefficient (Wildman–Crippen LogP) is 4.16. The SMILES string of the molecule is CCCP(=O)(F)OCC1CCCCC1. The van der Waals surface area contributed by atoms with Crippen LogP contribution >= 0.6 is 7.68 Å². The van der Waals surface area contributed by atoms with E-state index >= 15 is 0 Å². The lowest BCUT2D eigenvalue weighted by Crippen LogP contribution is -2.12. The van der Waals surface area contributed by atoms with E-state index in [-0.39, 0.29) is 6.16 Å². The summed E-state index contributed by atoms with van der Waals surface area (Å²) < 4.78 is 29.2. The molecule has 1 saturated carbocycles. The molecule has 1 unspecified atom stereocenters. The van der Waals surface area contributed by atoms with Crippen LogP contribution in [0.1, 0.15) is 45.4 Å². The molecule has 1 fully saturated rings. The molecule has 0 spiro atoms. The van der Waals surface area contributed by atoms with E-state index in [1.807, 2.05) is 6.92 Å². The van der Waals surface area contributed by atoms with Crippen LogP contribution in [0, 0.1) is 5.92 Å². The van der Waals surface area contributed by atoms with Gasteiger partial charge < -0.3 is 4.52 Å². The van der Waals surface area contributed by atoms with Crippen molar-refractivity contribution < 1.29 is 13.3 Å². The lowest BCUT2D eigenvalue weighted by Gasteiger charge is -2.21. The molecular formula is C10H20FO2P. The van der Waals surface area contributed by atoms with Gasteiger partial charge >= 0.3 is 7.68 Å². The van der Waals surface area contributed by atoms with Gasteiger partial charge in [0.15, 0.2) is 0 Å². The van der Waals surface area contributed by atoms with E-state index in [1.165, 1.54) is 19.3 Å². The summed E-state index contributed by atoms with van der Waals surface area (Å²) in [6, 6.07) is 0. The van der Waals surface area contributed by atoms with Crippen molar-refractivity contribution in [3.8, 4) is 0 Å². The molecule has 0 bridgehead atoms. The standard InChI is InChI=1S/C10H20FO2P/c1-2-8-14(11,12)13-9-10-6-4-3-5-7-10/h10H,2-9H2,1H3. The van der Waals surface area contributed by atoms with Crippen LogP contribution in [-0.4, -0.2) is 12.8 Å². The van der Waals surface area contributed by atoms with Gasteiger partial charge in [-0.05, 0) is 25.2 Å². The zero-order valence-electron chi connectivity index (χ0n) is 8.88. The average molecular weight is 222 g/mol. The highest BCUT2D eigenvalue weighted by Gasteiger charge is 2.23. The van der Waals surface area contributed by atoms with Gasteiger partial charge in [-0.3, -0.25) is 4.57 Å². The molecule has 1 atom stereocenters. The van der Waals surface area contributed by atoms with Crippen molar-refractivity contribution in [2.75, 3.05) is 12.8 Å². The molecule has 0 amide bonds. The van der Waals surface area contributed by atoms with E-state index in [1.54, 1.807) is 0 Å². The van der Waals surface area contributed by atoms with Crippen molar-refractivity contribution in [2.24, 2.45) is 5.92 Å². The highest BCUT2D eigenvalue weighted by atomic mass is 31.2. The maximum Gasteiger partial charge on any atom is 0.367 e. The second-order valence-electron chi connectivity index (χ2n) is 4.11. The van der Waals surface area contributed by atoms with Crippen molar-refractivity contribution in [2.45, 2.75) is 45.4 Å². The van der Waals surface area contributed by atoms with Gasteiger partial charge in [-0.2, -0.15) is 4.20 Å². The summed E-state index contributed by atoms with van der Waals surface area (Å²) in [7, 11) is -3.76. The Morgan fingerprint density at radius 2 is 2.00 bits per heavy atom. The van der Waals surface area contributed by atoms with Gasteiger partial charge in [0.2, 0.25) is 0 Å². The van der Waals surface area contributed by atoms with Gasteiger partial charge in [-0.25, -0.2) is 0 Å². The number of rotatable bonds is 5. The van der Waals surface area contributed by atoms with Crippen molar-refractivity contribution in [1.29, 1.82) is 0 Å². The maximum absolute atomic E-state index is 13.2. The third-order valence-corrected chi connectivity index (χ3v) is 4.23. The third kappa shape index (κ3) is 4.56. The molecule has 0 heterocycles. The summed E-state index contributed by atoms with van der Waals surface area (Å²) in [5.74, 6) is 0.435. The molecule has 0 radical (unpaired) electrons. The summed E-state index contributed by atoms with van der Waals surface area (Å²) in [4.78, 5) is 0. The number of hydrogen-bond acceptors (Lipinski definition) is 2. The topological polar surface area (TPSA) is 26.3 Å². The van der Waals surface area contributed by atoms with Crippen LogP contribution in [0.3, 0.4) is 0 Å². The Kier molecular flexibility index (Phi) is 5.11. The van der Waals surface area contributed by atoms with E-state index in [0.29, 0.717) is 18.9 Å². The van der Waals surface area contributed by atoms with Gasteiger partial charge in [-0.1, -0.05) is 26.2 Å². The minimum absolute atomic E-state index is 0.0692. The Hall–Kier alpha value is 0.120. The van der Waals surface area contributed by atoms with Crippen LogP contribution in [0.5, 0.6) is 0 Å². The fourth-order valence-electron chi connectivity index (χ4n) is 1.90. The Bertz CT molecular complexity index is 202.